The van der Waals surface area contributed by atoms with Gasteiger partial charge in [-0.3, -0.25) is 4.79 Å². The Hall–Kier alpha value is -2.00. The zero-order chi connectivity index (χ0) is 14.8. The number of carbonyl (C=O) groups is 1. The number of para-hydroxylation sites is 2. The molecule has 0 aliphatic carbocycles. The normalized spacial score (nSPS) is 16.7. The van der Waals surface area contributed by atoms with Crippen molar-refractivity contribution >= 4 is 28.9 Å². The van der Waals surface area contributed by atoms with Crippen molar-refractivity contribution in [3.8, 4) is 0 Å². The average molecular weight is 301 g/mol. The van der Waals surface area contributed by atoms with E-state index in [1.807, 2.05) is 24.3 Å². The number of benzene rings is 2. The molecule has 4 heteroatoms. The lowest BCUT2D eigenvalue weighted by Gasteiger charge is -2.19. The summed E-state index contributed by atoms with van der Waals surface area (Å²) in [5, 5.41) is 3.43. The molecule has 0 saturated carbocycles. The number of amides is 1. The number of anilines is 2. The second-order valence-corrected chi connectivity index (χ2v) is 5.78. The molecule has 1 amide bonds. The van der Waals surface area contributed by atoms with Gasteiger partial charge in [-0.05, 0) is 23.8 Å². The number of nitrogens with zero attached hydrogens (tertiary/aromatic N) is 1. The topological polar surface area (TPSA) is 32.3 Å². The van der Waals surface area contributed by atoms with Crippen LogP contribution in [0.25, 0.3) is 0 Å². The van der Waals surface area contributed by atoms with Crippen LogP contribution in [0, 0.1) is 0 Å². The van der Waals surface area contributed by atoms with Crippen molar-refractivity contribution in [3.05, 3.63) is 59.1 Å². The number of hydrogen-bond acceptors (Lipinski definition) is 2. The third kappa shape index (κ3) is 2.88. The maximum atomic E-state index is 12.2. The lowest BCUT2D eigenvalue weighted by Crippen LogP contribution is -2.32. The van der Waals surface area contributed by atoms with E-state index in [-0.39, 0.29) is 5.91 Å². The Labute approximate surface area is 129 Å². The van der Waals surface area contributed by atoms with Gasteiger partial charge in [0, 0.05) is 18.2 Å². The summed E-state index contributed by atoms with van der Waals surface area (Å²) in [7, 11) is 0. The van der Waals surface area contributed by atoms with Crippen molar-refractivity contribution in [2.75, 3.05) is 23.3 Å². The molecule has 0 fully saturated rings. The maximum Gasteiger partial charge on any atom is 0.243 e. The van der Waals surface area contributed by atoms with Crippen LogP contribution < -0.4 is 10.2 Å². The summed E-state index contributed by atoms with van der Waals surface area (Å²) >= 11 is 6.06. The quantitative estimate of drug-likeness (QED) is 0.932. The predicted octanol–water partition coefficient (Wildman–Crippen LogP) is 3.90. The molecule has 3 rings (SSSR count). The van der Waals surface area contributed by atoms with Gasteiger partial charge >= 0.3 is 0 Å². The molecule has 3 nitrogen and oxygen atoms in total. The minimum Gasteiger partial charge on any atom is -0.361 e. The smallest absolute Gasteiger partial charge is 0.243 e. The number of rotatable bonds is 3. The third-order valence-corrected chi connectivity index (χ3v) is 4.11. The van der Waals surface area contributed by atoms with Gasteiger partial charge in [0.1, 0.15) is 0 Å². The van der Waals surface area contributed by atoms with Crippen LogP contribution >= 0.6 is 11.6 Å². The van der Waals surface area contributed by atoms with Gasteiger partial charge in [-0.1, -0.05) is 48.9 Å². The highest BCUT2D eigenvalue weighted by molar-refractivity contribution is 6.33. The first-order valence-corrected chi connectivity index (χ1v) is 7.41. The molecule has 108 valence electrons. The van der Waals surface area contributed by atoms with E-state index in [4.69, 9.17) is 11.6 Å². The predicted molar refractivity (Wildman–Crippen MR) is 87.2 cm³/mol. The van der Waals surface area contributed by atoms with Crippen molar-refractivity contribution in [1.82, 2.24) is 0 Å². The summed E-state index contributed by atoms with van der Waals surface area (Å²) in [6.45, 7) is 3.40. The van der Waals surface area contributed by atoms with Gasteiger partial charge in [-0.15, -0.1) is 0 Å². The fourth-order valence-corrected chi connectivity index (χ4v) is 2.98. The van der Waals surface area contributed by atoms with E-state index in [2.05, 4.69) is 29.3 Å². The average Bonchev–Trinajstić information content (AvgIpc) is 2.79. The van der Waals surface area contributed by atoms with Gasteiger partial charge in [0.2, 0.25) is 5.91 Å². The van der Waals surface area contributed by atoms with Gasteiger partial charge in [-0.2, -0.15) is 0 Å². The molecule has 1 aliphatic heterocycles. The fourth-order valence-electron chi connectivity index (χ4n) is 2.79. The number of carbonyl (C=O) groups excluding carboxylic acids is 1. The highest BCUT2D eigenvalue weighted by Crippen LogP contribution is 2.35. The van der Waals surface area contributed by atoms with E-state index in [9.17, 15) is 4.79 Å². The van der Waals surface area contributed by atoms with Gasteiger partial charge in [0.15, 0.2) is 0 Å². The van der Waals surface area contributed by atoms with Gasteiger partial charge < -0.3 is 10.2 Å². The molecule has 2 aromatic rings. The summed E-state index contributed by atoms with van der Waals surface area (Å²) in [6, 6.07) is 15.5. The van der Waals surface area contributed by atoms with Crippen molar-refractivity contribution in [1.29, 1.82) is 0 Å². The molecule has 0 radical (unpaired) electrons. The number of fused-ring (bicyclic) bond motifs is 1. The molecule has 0 spiro atoms. The van der Waals surface area contributed by atoms with Crippen molar-refractivity contribution < 1.29 is 4.79 Å². The van der Waals surface area contributed by atoms with Crippen LogP contribution in [-0.2, 0) is 4.79 Å². The highest BCUT2D eigenvalue weighted by Gasteiger charge is 2.26. The summed E-state index contributed by atoms with van der Waals surface area (Å²) < 4.78 is 0. The molecule has 0 bridgehead atoms. The first-order chi connectivity index (χ1) is 10.1. The van der Waals surface area contributed by atoms with Gasteiger partial charge in [0.25, 0.3) is 0 Å². The lowest BCUT2D eigenvalue weighted by molar-refractivity contribution is -0.115. The Morgan fingerprint density at radius 3 is 2.76 bits per heavy atom. The zero-order valence-electron chi connectivity index (χ0n) is 11.8. The van der Waals surface area contributed by atoms with Crippen LogP contribution in [0.15, 0.2) is 48.5 Å². The number of halogens is 1. The van der Waals surface area contributed by atoms with E-state index < -0.39 is 0 Å². The molecule has 1 N–H and O–H groups in total. The van der Waals surface area contributed by atoms with E-state index in [1.165, 1.54) is 5.56 Å². The first kappa shape index (κ1) is 14.0. The SMILES string of the molecule is CC1CN(CC(=O)Nc2ccccc2Cl)c2ccccc21. The molecule has 21 heavy (non-hydrogen) atoms. The van der Waals surface area contributed by atoms with Crippen LogP contribution in [0.5, 0.6) is 0 Å². The summed E-state index contributed by atoms with van der Waals surface area (Å²) in [5.41, 5.74) is 3.12. The Kier molecular flexibility index (Phi) is 3.84. The number of nitrogens with one attached hydrogen (secondary N) is 1. The third-order valence-electron chi connectivity index (χ3n) is 3.79. The van der Waals surface area contributed by atoms with Crippen molar-refractivity contribution in [3.63, 3.8) is 0 Å². The van der Waals surface area contributed by atoms with Gasteiger partial charge in [0.05, 0.1) is 17.3 Å². The van der Waals surface area contributed by atoms with Crippen LogP contribution in [0.1, 0.15) is 18.4 Å². The monoisotopic (exact) mass is 300 g/mol. The second-order valence-electron chi connectivity index (χ2n) is 5.37. The van der Waals surface area contributed by atoms with E-state index >= 15 is 0 Å². The Morgan fingerprint density at radius 1 is 1.24 bits per heavy atom. The minimum absolute atomic E-state index is 0.0491. The zero-order valence-corrected chi connectivity index (χ0v) is 12.6. The van der Waals surface area contributed by atoms with E-state index in [0.29, 0.717) is 23.2 Å². The van der Waals surface area contributed by atoms with Crippen LogP contribution in [0.2, 0.25) is 5.02 Å². The number of hydrogen-bond donors (Lipinski definition) is 1. The molecule has 1 aliphatic rings. The highest BCUT2D eigenvalue weighted by atomic mass is 35.5. The molecule has 1 unspecified atom stereocenters. The minimum atomic E-state index is -0.0491. The Bertz CT molecular complexity index is 671. The molecular weight excluding hydrogens is 284 g/mol. The Morgan fingerprint density at radius 2 is 1.95 bits per heavy atom. The molecule has 0 saturated heterocycles. The molecule has 2 aromatic carbocycles. The second kappa shape index (κ2) is 5.78. The molecule has 1 heterocycles. The van der Waals surface area contributed by atoms with Gasteiger partial charge in [-0.25, -0.2) is 0 Å². The Balaban J connectivity index is 1.71. The largest absolute Gasteiger partial charge is 0.361 e. The van der Waals surface area contributed by atoms with Crippen LogP contribution in [0.3, 0.4) is 0 Å². The lowest BCUT2D eigenvalue weighted by atomic mass is 10.0. The molecule has 1 atom stereocenters. The van der Waals surface area contributed by atoms with Crippen LogP contribution in [0.4, 0.5) is 11.4 Å². The van der Waals surface area contributed by atoms with Crippen LogP contribution in [-0.4, -0.2) is 19.0 Å². The van der Waals surface area contributed by atoms with Crippen molar-refractivity contribution in [2.24, 2.45) is 0 Å². The summed E-state index contributed by atoms with van der Waals surface area (Å²) in [6.07, 6.45) is 0. The van der Waals surface area contributed by atoms with E-state index in [0.717, 1.165) is 12.2 Å². The maximum absolute atomic E-state index is 12.2. The fraction of sp³-hybridized carbons (Fsp3) is 0.235. The molecule has 0 aromatic heterocycles. The van der Waals surface area contributed by atoms with E-state index in [1.54, 1.807) is 12.1 Å². The van der Waals surface area contributed by atoms with Crippen molar-refractivity contribution in [2.45, 2.75) is 12.8 Å². The first-order valence-electron chi connectivity index (χ1n) is 7.03. The molecular formula is C17H17ClN2O. The summed E-state index contributed by atoms with van der Waals surface area (Å²) in [5.74, 6) is 0.404. The standard InChI is InChI=1S/C17H17ClN2O/c1-12-10-20(16-9-5-2-6-13(12)16)11-17(21)19-15-8-4-3-7-14(15)18/h2-9,12H,10-11H2,1H3,(H,19,21). The summed E-state index contributed by atoms with van der Waals surface area (Å²) in [4.78, 5) is 14.3.